The summed E-state index contributed by atoms with van der Waals surface area (Å²) in [5.74, 6) is -0.316. The average Bonchev–Trinajstić information content (AvgIpc) is 2.69. The highest BCUT2D eigenvalue weighted by Gasteiger charge is 2.20. The lowest BCUT2D eigenvalue weighted by Gasteiger charge is -2.26. The SMILES string of the molecule is O=C(NCCN1CCOCC1)c1cccc(C(=O)N2CCCCC2)n1. The quantitative estimate of drug-likeness (QED) is 0.852. The van der Waals surface area contributed by atoms with E-state index in [0.717, 1.165) is 58.8 Å². The normalized spacial score (nSPS) is 18.8. The molecule has 25 heavy (non-hydrogen) atoms. The molecule has 0 unspecified atom stereocenters. The van der Waals surface area contributed by atoms with Gasteiger partial charge in [0, 0.05) is 39.3 Å². The monoisotopic (exact) mass is 346 g/mol. The van der Waals surface area contributed by atoms with E-state index in [-0.39, 0.29) is 11.8 Å². The lowest BCUT2D eigenvalue weighted by atomic mass is 10.1. The topological polar surface area (TPSA) is 74.8 Å². The zero-order chi connectivity index (χ0) is 17.5. The molecule has 3 heterocycles. The molecule has 2 aliphatic heterocycles. The first-order chi connectivity index (χ1) is 12.2. The van der Waals surface area contributed by atoms with E-state index in [1.165, 1.54) is 6.42 Å². The molecule has 7 heteroatoms. The Morgan fingerprint density at radius 3 is 2.52 bits per heavy atom. The molecular weight excluding hydrogens is 320 g/mol. The van der Waals surface area contributed by atoms with Crippen LogP contribution in [-0.4, -0.2) is 79.1 Å². The molecule has 1 aromatic heterocycles. The molecule has 0 saturated carbocycles. The van der Waals surface area contributed by atoms with Gasteiger partial charge in [0.15, 0.2) is 0 Å². The Hall–Kier alpha value is -1.99. The maximum Gasteiger partial charge on any atom is 0.272 e. The minimum absolute atomic E-state index is 0.0809. The zero-order valence-corrected chi connectivity index (χ0v) is 14.6. The van der Waals surface area contributed by atoms with Crippen LogP contribution in [0.5, 0.6) is 0 Å². The maximum atomic E-state index is 12.5. The van der Waals surface area contributed by atoms with Crippen molar-refractivity contribution in [2.24, 2.45) is 0 Å². The standard InChI is InChI=1S/C18H26N4O3/c23-17(19-7-10-21-11-13-25-14-12-21)15-5-4-6-16(20-15)18(24)22-8-2-1-3-9-22/h4-6H,1-3,7-14H2,(H,19,23). The van der Waals surface area contributed by atoms with Gasteiger partial charge in [0.2, 0.25) is 0 Å². The molecule has 2 fully saturated rings. The van der Waals surface area contributed by atoms with Gasteiger partial charge in [-0.3, -0.25) is 14.5 Å². The molecule has 0 aliphatic carbocycles. The lowest BCUT2D eigenvalue weighted by molar-refractivity contribution is 0.0383. The molecule has 7 nitrogen and oxygen atoms in total. The van der Waals surface area contributed by atoms with Crippen molar-refractivity contribution in [2.45, 2.75) is 19.3 Å². The number of morpholine rings is 1. The van der Waals surface area contributed by atoms with E-state index in [1.807, 2.05) is 4.90 Å². The van der Waals surface area contributed by atoms with Crippen LogP contribution in [0.15, 0.2) is 18.2 Å². The van der Waals surface area contributed by atoms with Crippen LogP contribution in [-0.2, 0) is 4.74 Å². The van der Waals surface area contributed by atoms with Crippen molar-refractivity contribution in [3.63, 3.8) is 0 Å². The van der Waals surface area contributed by atoms with Crippen molar-refractivity contribution in [2.75, 3.05) is 52.5 Å². The van der Waals surface area contributed by atoms with Crippen LogP contribution in [0.3, 0.4) is 0 Å². The van der Waals surface area contributed by atoms with Gasteiger partial charge in [-0.15, -0.1) is 0 Å². The number of likely N-dealkylation sites (tertiary alicyclic amines) is 1. The first kappa shape index (κ1) is 17.8. The van der Waals surface area contributed by atoms with E-state index < -0.39 is 0 Å². The van der Waals surface area contributed by atoms with Crippen molar-refractivity contribution in [3.8, 4) is 0 Å². The van der Waals surface area contributed by atoms with E-state index in [1.54, 1.807) is 18.2 Å². The molecule has 0 radical (unpaired) electrons. The number of nitrogens with one attached hydrogen (secondary N) is 1. The Morgan fingerprint density at radius 1 is 1.04 bits per heavy atom. The summed E-state index contributed by atoms with van der Waals surface area (Å²) in [5.41, 5.74) is 0.646. The number of hydrogen-bond acceptors (Lipinski definition) is 5. The summed E-state index contributed by atoms with van der Waals surface area (Å²) in [7, 11) is 0. The smallest absolute Gasteiger partial charge is 0.272 e. The third kappa shape index (κ3) is 4.99. The number of hydrogen-bond donors (Lipinski definition) is 1. The Kier molecular flexibility index (Phi) is 6.36. The number of amides is 2. The second-order valence-corrected chi connectivity index (χ2v) is 6.47. The van der Waals surface area contributed by atoms with Crippen LogP contribution in [0.25, 0.3) is 0 Å². The Bertz CT molecular complexity index is 596. The molecule has 0 aromatic carbocycles. The molecule has 2 amide bonds. The van der Waals surface area contributed by atoms with Gasteiger partial charge < -0.3 is 15.0 Å². The number of carbonyl (C=O) groups excluding carboxylic acids is 2. The fraction of sp³-hybridized carbons (Fsp3) is 0.611. The molecule has 1 N–H and O–H groups in total. The minimum Gasteiger partial charge on any atom is -0.379 e. The van der Waals surface area contributed by atoms with Gasteiger partial charge in [-0.25, -0.2) is 4.98 Å². The van der Waals surface area contributed by atoms with Gasteiger partial charge in [0.1, 0.15) is 11.4 Å². The molecule has 1 aromatic rings. The Balaban J connectivity index is 1.52. The number of aromatic nitrogens is 1. The highest BCUT2D eigenvalue weighted by molar-refractivity contribution is 5.96. The van der Waals surface area contributed by atoms with Crippen LogP contribution < -0.4 is 5.32 Å². The number of pyridine rings is 1. The first-order valence-corrected chi connectivity index (χ1v) is 9.09. The predicted molar refractivity (Wildman–Crippen MR) is 93.6 cm³/mol. The predicted octanol–water partition coefficient (Wildman–Crippen LogP) is 0.770. The van der Waals surface area contributed by atoms with Crippen molar-refractivity contribution in [1.82, 2.24) is 20.1 Å². The number of carbonyl (C=O) groups is 2. The first-order valence-electron chi connectivity index (χ1n) is 9.09. The summed E-state index contributed by atoms with van der Waals surface area (Å²) in [5, 5.41) is 2.88. The fourth-order valence-corrected chi connectivity index (χ4v) is 3.18. The van der Waals surface area contributed by atoms with Crippen molar-refractivity contribution < 1.29 is 14.3 Å². The molecule has 2 aliphatic rings. The lowest BCUT2D eigenvalue weighted by Crippen LogP contribution is -2.41. The Morgan fingerprint density at radius 2 is 1.76 bits per heavy atom. The number of nitrogens with zero attached hydrogens (tertiary/aromatic N) is 3. The van der Waals surface area contributed by atoms with Gasteiger partial charge in [0.25, 0.3) is 11.8 Å². The van der Waals surface area contributed by atoms with Crippen LogP contribution >= 0.6 is 0 Å². The third-order valence-corrected chi connectivity index (χ3v) is 4.66. The second kappa shape index (κ2) is 8.92. The summed E-state index contributed by atoms with van der Waals surface area (Å²) < 4.78 is 5.31. The molecular formula is C18H26N4O3. The average molecular weight is 346 g/mol. The van der Waals surface area contributed by atoms with E-state index in [2.05, 4.69) is 15.2 Å². The van der Waals surface area contributed by atoms with E-state index in [0.29, 0.717) is 17.9 Å². The van der Waals surface area contributed by atoms with Gasteiger partial charge >= 0.3 is 0 Å². The van der Waals surface area contributed by atoms with Crippen molar-refractivity contribution in [1.29, 1.82) is 0 Å². The van der Waals surface area contributed by atoms with Crippen LogP contribution in [0.1, 0.15) is 40.2 Å². The van der Waals surface area contributed by atoms with Gasteiger partial charge in [-0.2, -0.15) is 0 Å². The summed E-state index contributed by atoms with van der Waals surface area (Å²) in [4.78, 5) is 33.2. The summed E-state index contributed by atoms with van der Waals surface area (Å²) >= 11 is 0. The Labute approximate surface area is 148 Å². The highest BCUT2D eigenvalue weighted by atomic mass is 16.5. The fourth-order valence-electron chi connectivity index (χ4n) is 3.18. The number of piperidine rings is 1. The van der Waals surface area contributed by atoms with Crippen molar-refractivity contribution in [3.05, 3.63) is 29.6 Å². The highest BCUT2D eigenvalue weighted by Crippen LogP contribution is 2.12. The minimum atomic E-state index is -0.235. The van der Waals surface area contributed by atoms with Gasteiger partial charge in [-0.05, 0) is 31.4 Å². The summed E-state index contributed by atoms with van der Waals surface area (Å²) in [6.45, 7) is 6.19. The second-order valence-electron chi connectivity index (χ2n) is 6.47. The molecule has 0 atom stereocenters. The molecule has 0 spiro atoms. The van der Waals surface area contributed by atoms with Gasteiger partial charge in [0.05, 0.1) is 13.2 Å². The van der Waals surface area contributed by atoms with E-state index in [4.69, 9.17) is 4.74 Å². The molecule has 2 saturated heterocycles. The van der Waals surface area contributed by atoms with Gasteiger partial charge in [-0.1, -0.05) is 6.07 Å². The molecule has 136 valence electrons. The zero-order valence-electron chi connectivity index (χ0n) is 14.6. The summed E-state index contributed by atoms with van der Waals surface area (Å²) in [6.07, 6.45) is 3.24. The molecule has 0 bridgehead atoms. The van der Waals surface area contributed by atoms with E-state index in [9.17, 15) is 9.59 Å². The summed E-state index contributed by atoms with van der Waals surface area (Å²) in [6, 6.07) is 5.06. The van der Waals surface area contributed by atoms with Crippen LogP contribution in [0.2, 0.25) is 0 Å². The molecule has 3 rings (SSSR count). The number of rotatable bonds is 5. The van der Waals surface area contributed by atoms with Crippen LogP contribution in [0, 0.1) is 0 Å². The van der Waals surface area contributed by atoms with E-state index >= 15 is 0 Å². The maximum absolute atomic E-state index is 12.5. The third-order valence-electron chi connectivity index (χ3n) is 4.66. The largest absolute Gasteiger partial charge is 0.379 e. The number of ether oxygens (including phenoxy) is 1. The van der Waals surface area contributed by atoms with Crippen molar-refractivity contribution >= 4 is 11.8 Å². The van der Waals surface area contributed by atoms with Crippen LogP contribution in [0.4, 0.5) is 0 Å².